The van der Waals surface area contributed by atoms with Gasteiger partial charge in [0.25, 0.3) is 0 Å². The molecule has 1 aliphatic heterocycles. The van der Waals surface area contributed by atoms with E-state index in [1.165, 1.54) is 0 Å². The molecule has 1 amide bonds. The van der Waals surface area contributed by atoms with Gasteiger partial charge in [0.05, 0.1) is 22.6 Å². The summed E-state index contributed by atoms with van der Waals surface area (Å²) < 4.78 is 0. The summed E-state index contributed by atoms with van der Waals surface area (Å²) in [4.78, 5) is 24.2. The van der Waals surface area contributed by atoms with Crippen molar-refractivity contribution in [3.63, 3.8) is 0 Å². The van der Waals surface area contributed by atoms with Gasteiger partial charge in [-0.15, -0.1) is 0 Å². The molecule has 1 aromatic heterocycles. The number of carbonyl (C=O) groups excluding carboxylic acids is 1. The van der Waals surface area contributed by atoms with Crippen LogP contribution in [-0.2, 0) is 4.79 Å². The number of benzene rings is 1. The molecule has 2 aromatic rings. The lowest BCUT2D eigenvalue weighted by Gasteiger charge is -2.35. The van der Waals surface area contributed by atoms with E-state index in [4.69, 9.17) is 4.98 Å². The second-order valence-electron chi connectivity index (χ2n) is 7.65. The Morgan fingerprint density at radius 3 is 2.54 bits per heavy atom. The van der Waals surface area contributed by atoms with E-state index in [-0.39, 0.29) is 17.4 Å². The topological polar surface area (TPSA) is 58.1 Å². The molecule has 1 saturated heterocycles. The van der Waals surface area contributed by atoms with Gasteiger partial charge in [0.2, 0.25) is 5.91 Å². The zero-order chi connectivity index (χ0) is 17.3. The van der Waals surface area contributed by atoms with Crippen molar-refractivity contribution in [3.05, 3.63) is 30.0 Å². The number of aryl methyl sites for hydroxylation is 1. The predicted octanol–water partition coefficient (Wildman–Crippen LogP) is 3.07. The van der Waals surface area contributed by atoms with Crippen molar-refractivity contribution in [2.24, 2.45) is 5.92 Å². The summed E-state index contributed by atoms with van der Waals surface area (Å²) in [6.45, 7) is 9.68. The number of aromatic nitrogens is 2. The molecule has 3 rings (SSSR count). The molecule has 24 heavy (non-hydrogen) atoms. The van der Waals surface area contributed by atoms with Gasteiger partial charge in [0, 0.05) is 18.6 Å². The summed E-state index contributed by atoms with van der Waals surface area (Å²) >= 11 is 0. The fourth-order valence-corrected chi connectivity index (χ4v) is 3.23. The maximum Gasteiger partial charge on any atom is 0.225 e. The van der Waals surface area contributed by atoms with Gasteiger partial charge in [-0.3, -0.25) is 4.79 Å². The maximum atomic E-state index is 12.5. The van der Waals surface area contributed by atoms with Gasteiger partial charge in [-0.1, -0.05) is 12.1 Å². The van der Waals surface area contributed by atoms with E-state index in [9.17, 15) is 4.79 Å². The standard InChI is InChI=1S/C19H26N4O/c1-13-17(21-16-10-6-5-9-15(16)20-13)23-11-7-8-14(12-23)18(24)22-19(2,3)4/h5-6,9-10,14H,7-8,11-12H2,1-4H3,(H,22,24). The van der Waals surface area contributed by atoms with E-state index >= 15 is 0 Å². The highest BCUT2D eigenvalue weighted by Gasteiger charge is 2.29. The first-order valence-electron chi connectivity index (χ1n) is 8.64. The van der Waals surface area contributed by atoms with Gasteiger partial charge in [-0.2, -0.15) is 0 Å². The Morgan fingerprint density at radius 2 is 1.88 bits per heavy atom. The Kier molecular flexibility index (Phi) is 4.43. The van der Waals surface area contributed by atoms with E-state index in [1.807, 2.05) is 52.0 Å². The van der Waals surface area contributed by atoms with Crippen LogP contribution in [0, 0.1) is 12.8 Å². The number of rotatable bonds is 2. The number of hydrogen-bond donors (Lipinski definition) is 1. The molecule has 0 saturated carbocycles. The minimum Gasteiger partial charge on any atom is -0.354 e. The molecule has 1 atom stereocenters. The molecule has 2 heterocycles. The van der Waals surface area contributed by atoms with Gasteiger partial charge in [-0.05, 0) is 52.7 Å². The second kappa shape index (κ2) is 6.38. The van der Waals surface area contributed by atoms with Crippen LogP contribution in [0.1, 0.15) is 39.3 Å². The summed E-state index contributed by atoms with van der Waals surface area (Å²) in [5, 5.41) is 3.10. The van der Waals surface area contributed by atoms with Crippen molar-refractivity contribution >= 4 is 22.8 Å². The molecule has 1 aromatic carbocycles. The average molecular weight is 326 g/mol. The lowest BCUT2D eigenvalue weighted by Crippen LogP contribution is -2.49. The van der Waals surface area contributed by atoms with Crippen molar-refractivity contribution in [1.29, 1.82) is 0 Å². The van der Waals surface area contributed by atoms with E-state index < -0.39 is 0 Å². The van der Waals surface area contributed by atoms with Gasteiger partial charge in [0.15, 0.2) is 5.82 Å². The molecule has 1 fully saturated rings. The van der Waals surface area contributed by atoms with Crippen LogP contribution in [0.25, 0.3) is 11.0 Å². The zero-order valence-electron chi connectivity index (χ0n) is 15.0. The Bertz CT molecular complexity index is 751. The number of hydrogen-bond acceptors (Lipinski definition) is 4. The molecule has 0 bridgehead atoms. The number of anilines is 1. The van der Waals surface area contributed by atoms with Crippen molar-refractivity contribution < 1.29 is 4.79 Å². The van der Waals surface area contributed by atoms with Crippen LogP contribution in [0.5, 0.6) is 0 Å². The van der Waals surface area contributed by atoms with Crippen molar-refractivity contribution in [1.82, 2.24) is 15.3 Å². The first kappa shape index (κ1) is 16.7. The van der Waals surface area contributed by atoms with Crippen LogP contribution in [0.3, 0.4) is 0 Å². The third kappa shape index (κ3) is 3.66. The van der Waals surface area contributed by atoms with Gasteiger partial charge in [0.1, 0.15) is 0 Å². The van der Waals surface area contributed by atoms with Gasteiger partial charge >= 0.3 is 0 Å². The molecule has 0 aliphatic carbocycles. The predicted molar refractivity (Wildman–Crippen MR) is 97.1 cm³/mol. The largest absolute Gasteiger partial charge is 0.354 e. The number of nitrogens with zero attached hydrogens (tertiary/aromatic N) is 3. The third-order valence-corrected chi connectivity index (χ3v) is 4.31. The zero-order valence-corrected chi connectivity index (χ0v) is 15.0. The van der Waals surface area contributed by atoms with Crippen LogP contribution in [0.4, 0.5) is 5.82 Å². The highest BCUT2D eigenvalue weighted by molar-refractivity contribution is 5.80. The molecular weight excluding hydrogens is 300 g/mol. The summed E-state index contributed by atoms with van der Waals surface area (Å²) in [5.41, 5.74) is 2.54. The second-order valence-corrected chi connectivity index (χ2v) is 7.65. The van der Waals surface area contributed by atoms with Crippen LogP contribution in [0.15, 0.2) is 24.3 Å². The van der Waals surface area contributed by atoms with E-state index in [0.717, 1.165) is 41.9 Å². The van der Waals surface area contributed by atoms with Crippen molar-refractivity contribution in [2.45, 2.75) is 46.1 Å². The van der Waals surface area contributed by atoms with Crippen LogP contribution < -0.4 is 10.2 Å². The molecule has 5 nitrogen and oxygen atoms in total. The van der Waals surface area contributed by atoms with Crippen LogP contribution >= 0.6 is 0 Å². The smallest absolute Gasteiger partial charge is 0.225 e. The molecule has 1 unspecified atom stereocenters. The Morgan fingerprint density at radius 1 is 1.21 bits per heavy atom. The van der Waals surface area contributed by atoms with E-state index in [0.29, 0.717) is 6.54 Å². The normalized spacial score (nSPS) is 18.7. The maximum absolute atomic E-state index is 12.5. The third-order valence-electron chi connectivity index (χ3n) is 4.31. The SMILES string of the molecule is Cc1nc2ccccc2nc1N1CCCC(C(=O)NC(C)(C)C)C1. The number of carbonyl (C=O) groups is 1. The molecule has 0 radical (unpaired) electrons. The summed E-state index contributed by atoms with van der Waals surface area (Å²) in [7, 11) is 0. The summed E-state index contributed by atoms with van der Waals surface area (Å²) in [6, 6.07) is 7.92. The first-order chi connectivity index (χ1) is 11.3. The number of fused-ring (bicyclic) bond motifs is 1. The average Bonchev–Trinajstić information content (AvgIpc) is 2.53. The summed E-state index contributed by atoms with van der Waals surface area (Å²) in [5.74, 6) is 1.05. The molecular formula is C19H26N4O. The molecule has 5 heteroatoms. The van der Waals surface area contributed by atoms with E-state index in [1.54, 1.807) is 0 Å². The molecule has 128 valence electrons. The molecule has 0 spiro atoms. The fraction of sp³-hybridized carbons (Fsp3) is 0.526. The number of nitrogens with one attached hydrogen (secondary N) is 1. The summed E-state index contributed by atoms with van der Waals surface area (Å²) in [6.07, 6.45) is 1.93. The number of para-hydroxylation sites is 2. The lowest BCUT2D eigenvalue weighted by molar-refractivity contribution is -0.126. The van der Waals surface area contributed by atoms with Crippen molar-refractivity contribution in [3.8, 4) is 0 Å². The van der Waals surface area contributed by atoms with Crippen LogP contribution in [0.2, 0.25) is 0 Å². The minimum atomic E-state index is -0.196. The van der Waals surface area contributed by atoms with Gasteiger partial charge in [-0.25, -0.2) is 9.97 Å². The van der Waals surface area contributed by atoms with Crippen LogP contribution in [-0.4, -0.2) is 34.5 Å². The Hall–Kier alpha value is -2.17. The Balaban J connectivity index is 1.82. The number of piperidine rings is 1. The minimum absolute atomic E-state index is 0.00523. The Labute approximate surface area is 143 Å². The highest BCUT2D eigenvalue weighted by atomic mass is 16.2. The highest BCUT2D eigenvalue weighted by Crippen LogP contribution is 2.26. The first-order valence-corrected chi connectivity index (χ1v) is 8.64. The quantitative estimate of drug-likeness (QED) is 0.921. The molecule has 1 aliphatic rings. The molecule has 1 N–H and O–H groups in total. The van der Waals surface area contributed by atoms with Crippen molar-refractivity contribution in [2.75, 3.05) is 18.0 Å². The lowest BCUT2D eigenvalue weighted by atomic mass is 9.95. The number of amides is 1. The monoisotopic (exact) mass is 326 g/mol. The fourth-order valence-electron chi connectivity index (χ4n) is 3.23. The van der Waals surface area contributed by atoms with E-state index in [2.05, 4.69) is 15.2 Å². The van der Waals surface area contributed by atoms with Gasteiger partial charge < -0.3 is 10.2 Å².